The Balaban J connectivity index is 4.41. The molecule has 9 nitrogen and oxygen atoms in total. The van der Waals surface area contributed by atoms with Gasteiger partial charge in [-0.25, -0.2) is 18.0 Å². The van der Waals surface area contributed by atoms with Gasteiger partial charge in [-0.3, -0.25) is 4.79 Å². The van der Waals surface area contributed by atoms with Crippen LogP contribution in [0.4, 0.5) is 4.79 Å². The fourth-order valence-corrected chi connectivity index (χ4v) is 2.03. The molecule has 5 N–H and O–H groups in total. The third-order valence-corrected chi connectivity index (χ3v) is 3.24. The number of carboxylic acids is 1. The molecule has 0 heterocycles. The summed E-state index contributed by atoms with van der Waals surface area (Å²) in [4.78, 5) is 33.0. The van der Waals surface area contributed by atoms with Crippen molar-refractivity contribution < 1.29 is 27.9 Å². The largest absolute Gasteiger partial charge is 0.480 e. The average molecular weight is 309 g/mol. The number of rotatable bonds is 8. The van der Waals surface area contributed by atoms with Crippen LogP contribution < -0.4 is 16.4 Å². The Bertz CT molecular complexity index is 475. The van der Waals surface area contributed by atoms with Crippen LogP contribution in [0.1, 0.15) is 19.8 Å². The zero-order valence-electron chi connectivity index (χ0n) is 11.3. The van der Waals surface area contributed by atoms with Gasteiger partial charge in [0, 0.05) is 18.7 Å². The molecule has 0 saturated carbocycles. The summed E-state index contributed by atoms with van der Waals surface area (Å²) in [6.07, 6.45) is 0.640. The first-order valence-corrected chi connectivity index (χ1v) is 7.83. The number of primary amides is 1. The Morgan fingerprint density at radius 1 is 1.25 bits per heavy atom. The van der Waals surface area contributed by atoms with E-state index in [1.807, 2.05) is 0 Å². The maximum atomic E-state index is 11.5. The molecule has 0 fully saturated rings. The first-order valence-electron chi connectivity index (χ1n) is 5.77. The van der Waals surface area contributed by atoms with Crippen molar-refractivity contribution in [2.75, 3.05) is 12.0 Å². The topological polar surface area (TPSA) is 156 Å². The van der Waals surface area contributed by atoms with Gasteiger partial charge in [0.25, 0.3) is 0 Å². The molecule has 0 aromatic rings. The highest BCUT2D eigenvalue weighted by Crippen LogP contribution is 1.98. The number of nitrogens with two attached hydrogens (primary N) is 1. The SMILES string of the molecule is CC(CC(N)=O)NC(=O)NC(CCS(C)(=O)=O)C(=O)O. The lowest BCUT2D eigenvalue weighted by Gasteiger charge is -2.17. The summed E-state index contributed by atoms with van der Waals surface area (Å²) in [7, 11) is -3.32. The molecule has 0 radical (unpaired) electrons. The van der Waals surface area contributed by atoms with E-state index in [1.165, 1.54) is 6.92 Å². The van der Waals surface area contributed by atoms with E-state index >= 15 is 0 Å². The van der Waals surface area contributed by atoms with Gasteiger partial charge in [-0.2, -0.15) is 0 Å². The van der Waals surface area contributed by atoms with Crippen molar-refractivity contribution >= 4 is 27.7 Å². The quantitative estimate of drug-likeness (QED) is 0.425. The minimum absolute atomic E-state index is 0.0888. The number of carboxylic acid groups (broad SMARTS) is 1. The first kappa shape index (κ1) is 18.2. The van der Waals surface area contributed by atoms with E-state index < -0.39 is 39.8 Å². The van der Waals surface area contributed by atoms with Gasteiger partial charge in [-0.15, -0.1) is 0 Å². The highest BCUT2D eigenvalue weighted by Gasteiger charge is 2.22. The standard InChI is InChI=1S/C10H19N3O6S/c1-6(5-8(11)14)12-10(17)13-7(9(15)16)3-4-20(2,18)19/h6-7H,3-5H2,1-2H3,(H2,11,14)(H,15,16)(H2,12,13,17). The highest BCUT2D eigenvalue weighted by molar-refractivity contribution is 7.90. The van der Waals surface area contributed by atoms with Crippen molar-refractivity contribution in [3.8, 4) is 0 Å². The van der Waals surface area contributed by atoms with Crippen LogP contribution in [0.3, 0.4) is 0 Å². The zero-order chi connectivity index (χ0) is 15.9. The number of carbonyl (C=O) groups excluding carboxylic acids is 2. The van der Waals surface area contributed by atoms with Crippen LogP contribution in [0, 0.1) is 0 Å². The summed E-state index contributed by atoms with van der Waals surface area (Å²) in [5.74, 6) is -2.31. The number of amides is 3. The number of nitrogens with one attached hydrogen (secondary N) is 2. The summed E-state index contributed by atoms with van der Waals surface area (Å²) in [5.41, 5.74) is 4.94. The molecule has 116 valence electrons. The molecule has 0 spiro atoms. The lowest BCUT2D eigenvalue weighted by atomic mass is 10.2. The van der Waals surface area contributed by atoms with Gasteiger partial charge >= 0.3 is 12.0 Å². The molecular weight excluding hydrogens is 290 g/mol. The summed E-state index contributed by atoms with van der Waals surface area (Å²) >= 11 is 0. The third-order valence-electron chi connectivity index (χ3n) is 2.27. The summed E-state index contributed by atoms with van der Waals surface area (Å²) in [6, 6.07) is -2.69. The van der Waals surface area contributed by atoms with Crippen LogP contribution in [0.5, 0.6) is 0 Å². The molecule has 0 rings (SSSR count). The van der Waals surface area contributed by atoms with E-state index in [1.54, 1.807) is 0 Å². The molecule has 0 aromatic carbocycles. The second kappa shape index (κ2) is 7.68. The second-order valence-electron chi connectivity index (χ2n) is 4.50. The Labute approximate surface area is 116 Å². The van der Waals surface area contributed by atoms with Crippen molar-refractivity contribution in [2.45, 2.75) is 31.8 Å². The van der Waals surface area contributed by atoms with Gasteiger partial charge < -0.3 is 21.5 Å². The van der Waals surface area contributed by atoms with E-state index in [0.29, 0.717) is 0 Å². The van der Waals surface area contributed by atoms with Gasteiger partial charge in [0.15, 0.2) is 0 Å². The van der Waals surface area contributed by atoms with E-state index in [4.69, 9.17) is 10.8 Å². The van der Waals surface area contributed by atoms with Crippen LogP contribution in [-0.2, 0) is 19.4 Å². The summed E-state index contributed by atoms with van der Waals surface area (Å²) < 4.78 is 21.9. The maximum absolute atomic E-state index is 11.5. The summed E-state index contributed by atoms with van der Waals surface area (Å²) in [6.45, 7) is 1.52. The number of hydrogen-bond donors (Lipinski definition) is 4. The average Bonchev–Trinajstić information content (AvgIpc) is 2.20. The number of carbonyl (C=O) groups is 3. The smallest absolute Gasteiger partial charge is 0.326 e. The van der Waals surface area contributed by atoms with E-state index in [-0.39, 0.29) is 18.6 Å². The number of urea groups is 1. The summed E-state index contributed by atoms with van der Waals surface area (Å²) in [5, 5.41) is 13.3. The van der Waals surface area contributed by atoms with Gasteiger partial charge in [0.05, 0.1) is 5.75 Å². The number of aliphatic carboxylic acids is 1. The van der Waals surface area contributed by atoms with Gasteiger partial charge in [0.2, 0.25) is 5.91 Å². The fraction of sp³-hybridized carbons (Fsp3) is 0.700. The molecule has 2 atom stereocenters. The van der Waals surface area contributed by atoms with Crippen molar-refractivity contribution in [1.29, 1.82) is 0 Å². The highest BCUT2D eigenvalue weighted by atomic mass is 32.2. The minimum atomic E-state index is -3.32. The molecular formula is C10H19N3O6S. The van der Waals surface area contributed by atoms with Gasteiger partial charge in [0.1, 0.15) is 15.9 Å². The van der Waals surface area contributed by atoms with Crippen LogP contribution in [0.15, 0.2) is 0 Å². The molecule has 0 aliphatic carbocycles. The van der Waals surface area contributed by atoms with Crippen molar-refractivity contribution in [3.63, 3.8) is 0 Å². The van der Waals surface area contributed by atoms with Crippen LogP contribution in [-0.4, -0.2) is 55.5 Å². The second-order valence-corrected chi connectivity index (χ2v) is 6.76. The molecule has 3 amide bonds. The fourth-order valence-electron chi connectivity index (χ4n) is 1.37. The predicted molar refractivity (Wildman–Crippen MR) is 70.7 cm³/mol. The molecule has 10 heteroatoms. The molecule has 0 aliphatic rings. The lowest BCUT2D eigenvalue weighted by molar-refractivity contribution is -0.139. The van der Waals surface area contributed by atoms with E-state index in [9.17, 15) is 22.8 Å². The molecule has 0 saturated heterocycles. The molecule has 20 heavy (non-hydrogen) atoms. The lowest BCUT2D eigenvalue weighted by Crippen LogP contribution is -2.49. The molecule has 0 aromatic heterocycles. The Kier molecular flexibility index (Phi) is 6.97. The number of hydrogen-bond acceptors (Lipinski definition) is 5. The zero-order valence-corrected chi connectivity index (χ0v) is 12.1. The normalized spacial score (nSPS) is 14.1. The Morgan fingerprint density at radius 2 is 1.80 bits per heavy atom. The van der Waals surface area contributed by atoms with Crippen molar-refractivity contribution in [1.82, 2.24) is 10.6 Å². The third kappa shape index (κ3) is 9.14. The number of sulfone groups is 1. The predicted octanol–water partition coefficient (Wildman–Crippen LogP) is -1.56. The van der Waals surface area contributed by atoms with Crippen LogP contribution >= 0.6 is 0 Å². The van der Waals surface area contributed by atoms with Crippen molar-refractivity contribution in [2.24, 2.45) is 5.73 Å². The molecule has 0 aliphatic heterocycles. The maximum Gasteiger partial charge on any atom is 0.326 e. The van der Waals surface area contributed by atoms with Crippen LogP contribution in [0.25, 0.3) is 0 Å². The van der Waals surface area contributed by atoms with Gasteiger partial charge in [-0.1, -0.05) is 0 Å². The van der Waals surface area contributed by atoms with E-state index in [0.717, 1.165) is 6.26 Å². The Morgan fingerprint density at radius 3 is 2.20 bits per heavy atom. The van der Waals surface area contributed by atoms with E-state index in [2.05, 4.69) is 10.6 Å². The van der Waals surface area contributed by atoms with Crippen molar-refractivity contribution in [3.05, 3.63) is 0 Å². The van der Waals surface area contributed by atoms with Gasteiger partial charge in [-0.05, 0) is 13.3 Å². The molecule has 0 bridgehead atoms. The minimum Gasteiger partial charge on any atom is -0.480 e. The molecule has 2 unspecified atom stereocenters. The Hall–Kier alpha value is -1.84. The van der Waals surface area contributed by atoms with Crippen LogP contribution in [0.2, 0.25) is 0 Å². The monoisotopic (exact) mass is 309 g/mol. The first-order chi connectivity index (χ1) is 9.01.